The van der Waals surface area contributed by atoms with E-state index in [1.54, 1.807) is 0 Å². The Morgan fingerprint density at radius 3 is 1.17 bits per heavy atom. The largest absolute Gasteiger partial charge is 2.00 e. The van der Waals surface area contributed by atoms with E-state index >= 15 is 0 Å². The standard InChI is InChI=1S/Al.BH3O3.Mg.5H/c;2-1(3)4;;;;;;/h;2-4H;;;;;;/q;;+2;;;;2*-1. The second-order valence-electron chi connectivity index (χ2n) is 0.346. The van der Waals surface area contributed by atoms with E-state index in [1.807, 2.05) is 0 Å². The van der Waals surface area contributed by atoms with Crippen LogP contribution in [0.3, 0.4) is 0 Å². The quantitative estimate of drug-likeness (QED) is 0.291. The van der Waals surface area contributed by atoms with Crippen LogP contribution in [0.2, 0.25) is 0 Å². The van der Waals surface area contributed by atoms with E-state index in [4.69, 9.17) is 15.1 Å². The smallest absolute Gasteiger partial charge is 1.00 e. The molecule has 0 aromatic heterocycles. The Labute approximate surface area is 65.8 Å². The van der Waals surface area contributed by atoms with Crippen LogP contribution in [0.4, 0.5) is 0 Å². The summed E-state index contributed by atoms with van der Waals surface area (Å²) in [4.78, 5) is 0. The normalized spacial score (nSPS) is 4.50. The van der Waals surface area contributed by atoms with Gasteiger partial charge in [0.2, 0.25) is 0 Å². The Hall–Kier alpha value is 1.24. The van der Waals surface area contributed by atoms with Gasteiger partial charge in [0, 0.05) is 0 Å². The zero-order valence-corrected chi connectivity index (χ0v) is 4.04. The molecule has 0 aromatic rings. The molecule has 0 unspecified atom stereocenters. The number of hydrogen-bond acceptors (Lipinski definition) is 3. The van der Waals surface area contributed by atoms with Gasteiger partial charge in [-0.1, -0.05) is 0 Å². The van der Waals surface area contributed by atoms with Gasteiger partial charge in [0.05, 0.1) is 0 Å². The molecule has 0 amide bonds. The van der Waals surface area contributed by atoms with Crippen LogP contribution in [0.25, 0.3) is 0 Å². The first-order chi connectivity index (χ1) is 1.73. The van der Waals surface area contributed by atoms with Gasteiger partial charge in [0.15, 0.2) is 17.4 Å². The van der Waals surface area contributed by atoms with Crippen LogP contribution in [0.15, 0.2) is 0 Å². The maximum Gasteiger partial charge on any atom is 2.00 e. The molecule has 0 radical (unpaired) electrons. The Morgan fingerprint density at radius 1 is 1.17 bits per heavy atom. The molecule has 0 saturated heterocycles. The molecule has 6 heteroatoms. The van der Waals surface area contributed by atoms with Gasteiger partial charge in [-0.3, -0.25) is 0 Å². The van der Waals surface area contributed by atoms with E-state index in [2.05, 4.69) is 0 Å². The summed E-state index contributed by atoms with van der Waals surface area (Å²) in [6, 6.07) is 0. The molecule has 0 atom stereocenters. The maximum atomic E-state index is 7.17. The SMILES string of the molecule is OB(O)O.[AlH3].[H-].[H-].[Mg+2]. The summed E-state index contributed by atoms with van der Waals surface area (Å²) >= 11 is 0. The van der Waals surface area contributed by atoms with Crippen LogP contribution in [0.5, 0.6) is 0 Å². The van der Waals surface area contributed by atoms with Crippen molar-refractivity contribution in [2.24, 2.45) is 0 Å². The third-order valence-corrected chi connectivity index (χ3v) is 0. The molecule has 0 aromatic carbocycles. The second kappa shape index (κ2) is 9.53. The molecule has 0 aliphatic carbocycles. The van der Waals surface area contributed by atoms with Crippen LogP contribution >= 0.6 is 0 Å². The van der Waals surface area contributed by atoms with E-state index < -0.39 is 7.32 Å². The fourth-order valence-electron chi connectivity index (χ4n) is 0. The molecular weight excluding hydrogens is 110 g/mol. The molecule has 3 N–H and O–H groups in total. The molecule has 6 heavy (non-hydrogen) atoms. The summed E-state index contributed by atoms with van der Waals surface area (Å²) in [5.74, 6) is 0. The molecule has 0 heterocycles. The molecular formula is H8AlBMgO3. The summed E-state index contributed by atoms with van der Waals surface area (Å²) in [7, 11) is -2.17. The minimum atomic E-state index is -2.17. The van der Waals surface area contributed by atoms with Crippen molar-refractivity contribution in [3.8, 4) is 0 Å². The van der Waals surface area contributed by atoms with Gasteiger partial charge >= 0.3 is 30.4 Å². The summed E-state index contributed by atoms with van der Waals surface area (Å²) < 4.78 is 0. The molecule has 34 valence electrons. The Kier molecular flexibility index (Phi) is 24.9. The van der Waals surface area contributed by atoms with Crippen molar-refractivity contribution in [3.63, 3.8) is 0 Å². The monoisotopic (exact) mass is 118 g/mol. The van der Waals surface area contributed by atoms with Gasteiger partial charge < -0.3 is 17.9 Å². The van der Waals surface area contributed by atoms with Gasteiger partial charge in [-0.25, -0.2) is 0 Å². The van der Waals surface area contributed by atoms with Crippen LogP contribution in [0.1, 0.15) is 2.85 Å². The third kappa shape index (κ3) is 61.1. The van der Waals surface area contributed by atoms with E-state index in [0.29, 0.717) is 0 Å². The first kappa shape index (κ1) is 15.7. The first-order valence-corrected chi connectivity index (χ1v) is 0.775. The Morgan fingerprint density at radius 2 is 1.17 bits per heavy atom. The van der Waals surface area contributed by atoms with E-state index in [9.17, 15) is 0 Å². The average molecular weight is 118 g/mol. The van der Waals surface area contributed by atoms with Crippen molar-refractivity contribution in [1.29, 1.82) is 0 Å². The fourth-order valence-corrected chi connectivity index (χ4v) is 0. The minimum absolute atomic E-state index is 0. The summed E-state index contributed by atoms with van der Waals surface area (Å²) in [6.07, 6.45) is 0. The van der Waals surface area contributed by atoms with Crippen LogP contribution < -0.4 is 0 Å². The van der Waals surface area contributed by atoms with E-state index in [1.165, 1.54) is 0 Å². The maximum absolute atomic E-state index is 7.17. The number of hydrogen-bond donors (Lipinski definition) is 3. The van der Waals surface area contributed by atoms with Crippen molar-refractivity contribution >= 4 is 47.7 Å². The Balaban J connectivity index is -0.00000000750. The van der Waals surface area contributed by atoms with Crippen molar-refractivity contribution in [2.75, 3.05) is 0 Å². The minimum Gasteiger partial charge on any atom is -1.00 e. The van der Waals surface area contributed by atoms with Gasteiger partial charge in [0.25, 0.3) is 0 Å². The van der Waals surface area contributed by atoms with Crippen molar-refractivity contribution in [1.82, 2.24) is 0 Å². The number of rotatable bonds is 0. The molecule has 0 bridgehead atoms. The fraction of sp³-hybridized carbons (Fsp3) is 0. The van der Waals surface area contributed by atoms with E-state index in [-0.39, 0.29) is 43.3 Å². The summed E-state index contributed by atoms with van der Waals surface area (Å²) in [5, 5.41) is 21.5. The topological polar surface area (TPSA) is 60.7 Å². The van der Waals surface area contributed by atoms with Crippen molar-refractivity contribution < 1.29 is 17.9 Å². The molecule has 0 fully saturated rings. The van der Waals surface area contributed by atoms with Gasteiger partial charge in [-0.2, -0.15) is 0 Å². The first-order valence-electron chi connectivity index (χ1n) is 0.775. The third-order valence-electron chi connectivity index (χ3n) is 0. The average Bonchev–Trinajstić information content (AvgIpc) is 0.811. The van der Waals surface area contributed by atoms with Gasteiger partial charge in [-0.05, 0) is 0 Å². The predicted molar refractivity (Wildman–Crippen MR) is 30.3 cm³/mol. The molecule has 0 rings (SSSR count). The predicted octanol–water partition coefficient (Wildman–Crippen LogP) is -3.39. The van der Waals surface area contributed by atoms with Gasteiger partial charge in [-0.15, -0.1) is 0 Å². The van der Waals surface area contributed by atoms with E-state index in [0.717, 1.165) is 0 Å². The second-order valence-corrected chi connectivity index (χ2v) is 0.346. The molecule has 0 aliphatic rings. The molecule has 0 saturated carbocycles. The van der Waals surface area contributed by atoms with Crippen molar-refractivity contribution in [2.45, 2.75) is 0 Å². The summed E-state index contributed by atoms with van der Waals surface area (Å²) in [5.41, 5.74) is 0. The van der Waals surface area contributed by atoms with Crippen LogP contribution in [-0.2, 0) is 0 Å². The Bertz CT molecular complexity index is 22.0. The van der Waals surface area contributed by atoms with Gasteiger partial charge in [0.1, 0.15) is 0 Å². The zero-order valence-electron chi connectivity index (χ0n) is 4.63. The summed E-state index contributed by atoms with van der Waals surface area (Å²) in [6.45, 7) is 0. The van der Waals surface area contributed by atoms with Crippen LogP contribution in [-0.4, -0.2) is 62.8 Å². The van der Waals surface area contributed by atoms with Crippen molar-refractivity contribution in [3.05, 3.63) is 0 Å². The molecule has 0 aliphatic heterocycles. The molecule has 0 spiro atoms. The zero-order chi connectivity index (χ0) is 3.58. The van der Waals surface area contributed by atoms with Crippen LogP contribution in [0, 0.1) is 0 Å². The molecule has 3 nitrogen and oxygen atoms in total.